The molecule has 0 aliphatic carbocycles. The predicted octanol–water partition coefficient (Wildman–Crippen LogP) is 6.89. The van der Waals surface area contributed by atoms with E-state index in [0.29, 0.717) is 15.8 Å². The molecule has 3 aromatic rings. The molecule has 1 fully saturated rings. The lowest BCUT2D eigenvalue weighted by Gasteiger charge is -2.16. The number of rotatable bonds is 5. The second-order valence-corrected chi connectivity index (χ2v) is 9.36. The van der Waals surface area contributed by atoms with E-state index < -0.39 is 0 Å². The molecule has 1 saturated heterocycles. The molecule has 6 heteroatoms. The Labute approximate surface area is 206 Å². The number of hydrogen-bond donors (Lipinski definition) is 0. The van der Waals surface area contributed by atoms with Gasteiger partial charge in [-0.1, -0.05) is 47.4 Å². The van der Waals surface area contributed by atoms with Crippen molar-refractivity contribution < 1.29 is 9.53 Å². The molecule has 1 aliphatic heterocycles. The first kappa shape index (κ1) is 22.9. The van der Waals surface area contributed by atoms with Gasteiger partial charge in [-0.05, 0) is 89.6 Å². The lowest BCUT2D eigenvalue weighted by atomic mass is 10.2. The summed E-state index contributed by atoms with van der Waals surface area (Å²) < 4.78 is 6.28. The van der Waals surface area contributed by atoms with Crippen molar-refractivity contribution in [2.24, 2.45) is 4.99 Å². The number of amidine groups is 1. The molecular weight excluding hydrogens is 496 g/mol. The third kappa shape index (κ3) is 5.39. The minimum Gasteiger partial charge on any atom is -0.480 e. The second kappa shape index (κ2) is 10.1. The van der Waals surface area contributed by atoms with Crippen LogP contribution >= 0.6 is 27.7 Å². The highest BCUT2D eigenvalue weighted by Crippen LogP contribution is 2.38. The summed E-state index contributed by atoms with van der Waals surface area (Å²) in [5.41, 5.74) is 4.73. The number of terminal acetylenes is 1. The van der Waals surface area contributed by atoms with Gasteiger partial charge in [0.25, 0.3) is 5.91 Å². The molecule has 1 heterocycles. The molecule has 3 aromatic carbocycles. The molecule has 164 valence electrons. The molecule has 0 saturated carbocycles. The van der Waals surface area contributed by atoms with Crippen molar-refractivity contribution in [1.82, 2.24) is 0 Å². The number of ether oxygens (including phenoxy) is 1. The summed E-state index contributed by atoms with van der Waals surface area (Å²) in [5, 5.41) is 0.618. The Morgan fingerprint density at radius 3 is 2.36 bits per heavy atom. The van der Waals surface area contributed by atoms with Gasteiger partial charge in [0.1, 0.15) is 12.4 Å². The number of benzene rings is 3. The number of carbonyl (C=O) groups is 1. The average molecular weight is 517 g/mol. The van der Waals surface area contributed by atoms with Gasteiger partial charge in [0, 0.05) is 0 Å². The second-order valence-electron chi connectivity index (χ2n) is 7.50. The molecule has 0 unspecified atom stereocenters. The Hall–Kier alpha value is -3.27. The van der Waals surface area contributed by atoms with Gasteiger partial charge in [-0.25, -0.2) is 4.99 Å². The van der Waals surface area contributed by atoms with Gasteiger partial charge in [-0.15, -0.1) is 6.42 Å². The normalized spacial score (nSPS) is 15.8. The molecule has 0 N–H and O–H groups in total. The number of hydrogen-bond acceptors (Lipinski definition) is 4. The van der Waals surface area contributed by atoms with Crippen LogP contribution in [0.3, 0.4) is 0 Å². The highest BCUT2D eigenvalue weighted by Gasteiger charge is 2.34. The summed E-state index contributed by atoms with van der Waals surface area (Å²) in [6.45, 7) is 4.24. The molecule has 4 nitrogen and oxygen atoms in total. The average Bonchev–Trinajstić information content (AvgIpc) is 3.10. The maximum absolute atomic E-state index is 13.4. The molecule has 33 heavy (non-hydrogen) atoms. The lowest BCUT2D eigenvalue weighted by molar-refractivity contribution is -0.113. The van der Waals surface area contributed by atoms with Crippen LogP contribution in [0.2, 0.25) is 0 Å². The number of anilines is 1. The van der Waals surface area contributed by atoms with E-state index in [4.69, 9.17) is 16.2 Å². The van der Waals surface area contributed by atoms with Crippen molar-refractivity contribution in [1.29, 1.82) is 0 Å². The number of carbonyl (C=O) groups excluding carboxylic acids is 1. The van der Waals surface area contributed by atoms with Crippen molar-refractivity contribution in [2.45, 2.75) is 13.8 Å². The maximum atomic E-state index is 13.4. The summed E-state index contributed by atoms with van der Waals surface area (Å²) in [5.74, 6) is 3.00. The van der Waals surface area contributed by atoms with Crippen LogP contribution in [-0.2, 0) is 4.79 Å². The summed E-state index contributed by atoms with van der Waals surface area (Å²) >= 11 is 4.87. The van der Waals surface area contributed by atoms with E-state index in [0.717, 1.165) is 32.5 Å². The number of aliphatic imine (C=N–C) groups is 1. The van der Waals surface area contributed by atoms with E-state index in [2.05, 4.69) is 21.9 Å². The van der Waals surface area contributed by atoms with E-state index in [9.17, 15) is 4.79 Å². The van der Waals surface area contributed by atoms with Gasteiger partial charge >= 0.3 is 0 Å². The molecule has 0 atom stereocenters. The zero-order chi connectivity index (χ0) is 23.4. The number of halogens is 1. The quantitative estimate of drug-likeness (QED) is 0.274. The van der Waals surface area contributed by atoms with E-state index in [-0.39, 0.29) is 12.5 Å². The molecular formula is C27H21BrN2O2S. The highest BCUT2D eigenvalue weighted by molar-refractivity contribution is 9.10. The van der Waals surface area contributed by atoms with Crippen LogP contribution in [0.5, 0.6) is 5.75 Å². The Morgan fingerprint density at radius 2 is 1.73 bits per heavy atom. The largest absolute Gasteiger partial charge is 0.480 e. The molecule has 1 amide bonds. The lowest BCUT2D eigenvalue weighted by Crippen LogP contribution is -2.28. The van der Waals surface area contributed by atoms with E-state index >= 15 is 0 Å². The topological polar surface area (TPSA) is 41.9 Å². The predicted molar refractivity (Wildman–Crippen MR) is 141 cm³/mol. The summed E-state index contributed by atoms with van der Waals surface area (Å²) in [7, 11) is 0. The van der Waals surface area contributed by atoms with E-state index in [1.807, 2.05) is 86.7 Å². The van der Waals surface area contributed by atoms with Gasteiger partial charge in [-0.2, -0.15) is 0 Å². The van der Waals surface area contributed by atoms with Crippen molar-refractivity contribution in [3.05, 3.63) is 92.8 Å². The van der Waals surface area contributed by atoms with E-state index in [1.165, 1.54) is 11.8 Å². The van der Waals surface area contributed by atoms with Gasteiger partial charge in [-0.3, -0.25) is 9.69 Å². The third-order valence-electron chi connectivity index (χ3n) is 4.92. The molecule has 0 aromatic heterocycles. The number of amides is 1. The van der Waals surface area contributed by atoms with Gasteiger partial charge in [0.2, 0.25) is 0 Å². The maximum Gasteiger partial charge on any atom is 0.271 e. The van der Waals surface area contributed by atoms with Crippen molar-refractivity contribution >= 4 is 56.2 Å². The fourth-order valence-electron chi connectivity index (χ4n) is 3.19. The molecule has 0 radical (unpaired) electrons. The summed E-state index contributed by atoms with van der Waals surface area (Å²) in [6.07, 6.45) is 7.13. The first-order chi connectivity index (χ1) is 15.9. The monoisotopic (exact) mass is 516 g/mol. The van der Waals surface area contributed by atoms with Crippen LogP contribution in [0.25, 0.3) is 6.08 Å². The fourth-order valence-corrected chi connectivity index (χ4v) is 4.71. The number of aryl methyl sites for hydroxylation is 2. The van der Waals surface area contributed by atoms with Crippen LogP contribution in [0.4, 0.5) is 11.4 Å². The Bertz CT molecular complexity index is 1290. The Morgan fingerprint density at radius 1 is 1.06 bits per heavy atom. The number of nitrogens with zero attached hydrogens (tertiary/aromatic N) is 2. The zero-order valence-corrected chi connectivity index (χ0v) is 20.6. The van der Waals surface area contributed by atoms with Gasteiger partial charge < -0.3 is 4.74 Å². The van der Waals surface area contributed by atoms with Gasteiger partial charge in [0.15, 0.2) is 5.17 Å². The van der Waals surface area contributed by atoms with Crippen LogP contribution in [0, 0.1) is 26.2 Å². The molecule has 0 spiro atoms. The molecule has 0 bridgehead atoms. The van der Waals surface area contributed by atoms with Crippen LogP contribution in [-0.4, -0.2) is 17.7 Å². The van der Waals surface area contributed by atoms with Crippen LogP contribution < -0.4 is 9.64 Å². The first-order valence-electron chi connectivity index (χ1n) is 10.3. The standard InChI is InChI=1S/C27H21BrN2O2S/c1-4-15-32-24-14-9-20(16-23(24)28)17-25-26(31)30(22-12-7-19(3)8-13-22)27(33-25)29-21-10-5-18(2)6-11-21/h1,5-14,16-17H,15H2,2-3H3/b25-17-,29-27?. The third-order valence-corrected chi connectivity index (χ3v) is 6.51. The van der Waals surface area contributed by atoms with Crippen molar-refractivity contribution in [3.8, 4) is 18.1 Å². The minimum absolute atomic E-state index is 0.113. The van der Waals surface area contributed by atoms with Crippen molar-refractivity contribution in [3.63, 3.8) is 0 Å². The molecule has 4 rings (SSSR count). The summed E-state index contributed by atoms with van der Waals surface area (Å²) in [4.78, 5) is 20.5. The van der Waals surface area contributed by atoms with E-state index in [1.54, 1.807) is 4.90 Å². The fraction of sp³-hybridized carbons (Fsp3) is 0.111. The SMILES string of the molecule is C#CCOc1ccc(/C=C2\SC(=Nc3ccc(C)cc3)N(c3ccc(C)cc3)C2=O)cc1Br. The first-order valence-corrected chi connectivity index (χ1v) is 11.9. The Kier molecular flexibility index (Phi) is 7.02. The van der Waals surface area contributed by atoms with Crippen LogP contribution in [0.15, 0.2) is 81.1 Å². The molecule has 1 aliphatic rings. The summed E-state index contributed by atoms with van der Waals surface area (Å²) in [6, 6.07) is 21.4. The minimum atomic E-state index is -0.113. The number of thioether (sulfide) groups is 1. The van der Waals surface area contributed by atoms with Crippen LogP contribution in [0.1, 0.15) is 16.7 Å². The van der Waals surface area contributed by atoms with Gasteiger partial charge in [0.05, 0.1) is 20.8 Å². The highest BCUT2D eigenvalue weighted by atomic mass is 79.9. The Balaban J connectivity index is 1.71. The van der Waals surface area contributed by atoms with Crippen molar-refractivity contribution in [2.75, 3.05) is 11.5 Å². The zero-order valence-electron chi connectivity index (χ0n) is 18.2. The smallest absolute Gasteiger partial charge is 0.271 e.